The lowest BCUT2D eigenvalue weighted by Crippen LogP contribution is -2.44. The van der Waals surface area contributed by atoms with Crippen molar-refractivity contribution in [2.45, 2.75) is 25.4 Å². The van der Waals surface area contributed by atoms with E-state index >= 15 is 0 Å². The van der Waals surface area contributed by atoms with E-state index in [1.807, 2.05) is 6.92 Å². The number of nitrogens with one attached hydrogen (secondary N) is 1. The lowest BCUT2D eigenvalue weighted by molar-refractivity contribution is 0.0974. The van der Waals surface area contributed by atoms with Crippen molar-refractivity contribution in [3.8, 4) is 0 Å². The van der Waals surface area contributed by atoms with Crippen LogP contribution in [0, 0.1) is 17.5 Å². The molecule has 0 spiro atoms. The highest BCUT2D eigenvalue weighted by Gasteiger charge is 2.34. The van der Waals surface area contributed by atoms with Crippen LogP contribution in [0.4, 0.5) is 24.5 Å². The minimum atomic E-state index is -0.606. The van der Waals surface area contributed by atoms with E-state index in [9.17, 15) is 18.0 Å². The molecule has 1 aliphatic heterocycles. The summed E-state index contributed by atoms with van der Waals surface area (Å²) >= 11 is 5.85. The second-order valence-electron chi connectivity index (χ2n) is 7.30. The Morgan fingerprint density at radius 3 is 2.40 bits per heavy atom. The molecule has 1 heterocycles. The molecule has 0 radical (unpaired) electrons. The largest absolute Gasteiger partial charge is 0.378 e. The molecule has 0 unspecified atom stereocenters. The molecule has 0 aliphatic carbocycles. The van der Waals surface area contributed by atoms with Gasteiger partial charge >= 0.3 is 0 Å². The van der Waals surface area contributed by atoms with Crippen molar-refractivity contribution in [3.63, 3.8) is 0 Å². The topological polar surface area (TPSA) is 32.3 Å². The van der Waals surface area contributed by atoms with E-state index in [1.54, 1.807) is 23.1 Å². The van der Waals surface area contributed by atoms with Crippen LogP contribution in [-0.2, 0) is 0 Å². The summed E-state index contributed by atoms with van der Waals surface area (Å²) in [5, 5.41) is 3.16. The first-order chi connectivity index (χ1) is 14.3. The highest BCUT2D eigenvalue weighted by atomic mass is 35.5. The molecule has 4 rings (SSSR count). The zero-order valence-corrected chi connectivity index (χ0v) is 16.8. The van der Waals surface area contributed by atoms with Crippen molar-refractivity contribution < 1.29 is 18.0 Å². The van der Waals surface area contributed by atoms with Crippen LogP contribution in [0.3, 0.4) is 0 Å². The van der Waals surface area contributed by atoms with Gasteiger partial charge in [-0.1, -0.05) is 11.6 Å². The predicted molar refractivity (Wildman–Crippen MR) is 111 cm³/mol. The number of hydrogen-bond acceptors (Lipinski definition) is 2. The van der Waals surface area contributed by atoms with Crippen LogP contribution in [-0.4, -0.2) is 11.9 Å². The minimum absolute atomic E-state index is 0.138. The number of benzene rings is 3. The Balaban J connectivity index is 1.71. The van der Waals surface area contributed by atoms with Gasteiger partial charge in [-0.25, -0.2) is 13.2 Å². The third-order valence-corrected chi connectivity index (χ3v) is 5.50. The normalized spacial score (nSPS) is 18.1. The molecule has 0 saturated heterocycles. The summed E-state index contributed by atoms with van der Waals surface area (Å²) in [5.74, 6) is -1.73. The van der Waals surface area contributed by atoms with Crippen molar-refractivity contribution >= 4 is 28.9 Å². The van der Waals surface area contributed by atoms with Crippen molar-refractivity contribution in [1.29, 1.82) is 0 Å². The predicted octanol–water partition coefficient (Wildman–Crippen LogP) is 6.35. The summed E-state index contributed by atoms with van der Waals surface area (Å²) in [7, 11) is 0. The van der Waals surface area contributed by atoms with Crippen LogP contribution in [0.2, 0.25) is 5.02 Å². The Bertz CT molecular complexity index is 1100. The first-order valence-electron chi connectivity index (χ1n) is 9.43. The molecule has 30 heavy (non-hydrogen) atoms. The maximum Gasteiger partial charge on any atom is 0.258 e. The summed E-state index contributed by atoms with van der Waals surface area (Å²) in [6.07, 6.45) is 0.495. The molecule has 0 bridgehead atoms. The first-order valence-corrected chi connectivity index (χ1v) is 9.81. The Hall–Kier alpha value is -2.99. The third kappa shape index (κ3) is 3.87. The maximum atomic E-state index is 14.1. The van der Waals surface area contributed by atoms with E-state index in [-0.39, 0.29) is 34.4 Å². The summed E-state index contributed by atoms with van der Waals surface area (Å²) in [6, 6.07) is 13.4. The van der Waals surface area contributed by atoms with Crippen molar-refractivity contribution in [1.82, 2.24) is 0 Å². The quantitative estimate of drug-likeness (QED) is 0.525. The molecule has 0 aromatic heterocycles. The number of hydrogen-bond donors (Lipinski definition) is 1. The molecule has 1 aliphatic rings. The molecule has 0 fully saturated rings. The SMILES string of the molecule is C[C@@H]1C[C@@H](Nc2ccc(F)cc2)c2cc(F)ccc2N1C(=O)c1ccc(F)c(Cl)c1. The summed E-state index contributed by atoms with van der Waals surface area (Å²) < 4.78 is 40.8. The fourth-order valence-corrected chi connectivity index (χ4v) is 3.98. The average Bonchev–Trinajstić information content (AvgIpc) is 2.72. The van der Waals surface area contributed by atoms with Gasteiger partial charge < -0.3 is 10.2 Å². The molecule has 3 aromatic rings. The number of rotatable bonds is 3. The van der Waals surface area contributed by atoms with Crippen molar-refractivity contribution in [3.05, 3.63) is 94.3 Å². The van der Waals surface area contributed by atoms with Gasteiger partial charge in [0.2, 0.25) is 0 Å². The lowest BCUT2D eigenvalue weighted by Gasteiger charge is -2.40. The van der Waals surface area contributed by atoms with E-state index in [0.717, 1.165) is 6.07 Å². The molecule has 1 amide bonds. The van der Waals surface area contributed by atoms with E-state index in [2.05, 4.69) is 5.32 Å². The molecule has 3 aromatic carbocycles. The van der Waals surface area contributed by atoms with Crippen LogP contribution in [0.5, 0.6) is 0 Å². The third-order valence-electron chi connectivity index (χ3n) is 5.21. The van der Waals surface area contributed by atoms with Crippen LogP contribution >= 0.6 is 11.6 Å². The zero-order chi connectivity index (χ0) is 21.4. The second-order valence-corrected chi connectivity index (χ2v) is 7.70. The molecule has 154 valence electrons. The molecule has 2 atom stereocenters. The van der Waals surface area contributed by atoms with Gasteiger partial charge in [-0.2, -0.15) is 0 Å². The fourth-order valence-electron chi connectivity index (χ4n) is 3.80. The van der Waals surface area contributed by atoms with Crippen LogP contribution in [0.15, 0.2) is 60.7 Å². The zero-order valence-electron chi connectivity index (χ0n) is 16.0. The Morgan fingerprint density at radius 2 is 1.70 bits per heavy atom. The maximum absolute atomic E-state index is 14.1. The standard InChI is InChI=1S/C23H18ClF3N2O/c1-13-10-21(28-17-6-3-15(25)4-7-17)18-12-16(26)5-9-22(18)29(13)23(30)14-2-8-20(27)19(24)11-14/h2-9,11-13,21,28H,10H2,1H3/t13-,21-/m1/s1. The summed E-state index contributed by atoms with van der Waals surface area (Å²) in [6.45, 7) is 1.88. The molecule has 0 saturated carbocycles. The van der Waals surface area contributed by atoms with Crippen LogP contribution in [0.1, 0.15) is 35.3 Å². The van der Waals surface area contributed by atoms with Gasteiger partial charge in [-0.3, -0.25) is 4.79 Å². The number of halogens is 4. The number of amides is 1. The smallest absolute Gasteiger partial charge is 0.258 e. The Labute approximate surface area is 177 Å². The van der Waals surface area contributed by atoms with Crippen molar-refractivity contribution in [2.24, 2.45) is 0 Å². The van der Waals surface area contributed by atoms with Crippen molar-refractivity contribution in [2.75, 3.05) is 10.2 Å². The molecule has 7 heteroatoms. The average molecular weight is 431 g/mol. The lowest BCUT2D eigenvalue weighted by atomic mass is 9.90. The van der Waals surface area contributed by atoms with Gasteiger partial charge in [0, 0.05) is 28.5 Å². The van der Waals surface area contributed by atoms with Crippen LogP contribution in [0.25, 0.3) is 0 Å². The summed E-state index contributed by atoms with van der Waals surface area (Å²) in [5.41, 5.74) is 2.10. The number of anilines is 2. The van der Waals surface area contributed by atoms with Gasteiger partial charge in [-0.05, 0) is 74.0 Å². The fraction of sp³-hybridized carbons (Fsp3) is 0.174. The summed E-state index contributed by atoms with van der Waals surface area (Å²) in [4.78, 5) is 14.8. The van der Waals surface area contributed by atoms with Crippen LogP contribution < -0.4 is 10.2 Å². The van der Waals surface area contributed by atoms with E-state index < -0.39 is 11.6 Å². The number of fused-ring (bicyclic) bond motifs is 1. The second kappa shape index (κ2) is 8.03. The highest BCUT2D eigenvalue weighted by molar-refractivity contribution is 6.31. The monoisotopic (exact) mass is 430 g/mol. The number of carbonyl (C=O) groups is 1. The highest BCUT2D eigenvalue weighted by Crippen LogP contribution is 2.40. The van der Waals surface area contributed by atoms with Gasteiger partial charge in [0.1, 0.15) is 17.5 Å². The first kappa shape index (κ1) is 20.3. The van der Waals surface area contributed by atoms with E-state index in [0.29, 0.717) is 23.4 Å². The minimum Gasteiger partial charge on any atom is -0.378 e. The van der Waals surface area contributed by atoms with Gasteiger partial charge in [0.05, 0.1) is 11.1 Å². The number of nitrogens with zero attached hydrogens (tertiary/aromatic N) is 1. The molecule has 1 N–H and O–H groups in total. The Morgan fingerprint density at radius 1 is 1.00 bits per heavy atom. The van der Waals surface area contributed by atoms with Gasteiger partial charge in [-0.15, -0.1) is 0 Å². The molecular formula is C23H18ClF3N2O. The van der Waals surface area contributed by atoms with E-state index in [4.69, 9.17) is 11.6 Å². The molecule has 3 nitrogen and oxygen atoms in total. The Kier molecular flexibility index (Phi) is 5.43. The molecular weight excluding hydrogens is 413 g/mol. The van der Waals surface area contributed by atoms with Gasteiger partial charge in [0.15, 0.2) is 0 Å². The van der Waals surface area contributed by atoms with Gasteiger partial charge in [0.25, 0.3) is 5.91 Å². The number of carbonyl (C=O) groups excluding carboxylic acids is 1. The van der Waals surface area contributed by atoms with E-state index in [1.165, 1.54) is 36.4 Å².